The summed E-state index contributed by atoms with van der Waals surface area (Å²) in [5.41, 5.74) is 1.58. The largest absolute Gasteiger partial charge is 0.481 e. The van der Waals surface area contributed by atoms with Crippen molar-refractivity contribution in [2.45, 2.75) is 0 Å². The van der Waals surface area contributed by atoms with Gasteiger partial charge in [-0.15, -0.1) is 0 Å². The number of nitrogens with one attached hydrogen (secondary N) is 3. The normalized spacial score (nSPS) is 10.7. The number of fused-ring (bicyclic) bond motifs is 1. The molecule has 0 fully saturated rings. The van der Waals surface area contributed by atoms with E-state index in [0.717, 1.165) is 0 Å². The molecule has 27 heavy (non-hydrogen) atoms. The Kier molecular flexibility index (Phi) is 4.09. The Balaban J connectivity index is 1.72. The van der Waals surface area contributed by atoms with Gasteiger partial charge in [-0.25, -0.2) is 19.7 Å². The van der Waals surface area contributed by atoms with E-state index >= 15 is 0 Å². The Morgan fingerprint density at radius 2 is 1.93 bits per heavy atom. The molecule has 0 spiro atoms. The van der Waals surface area contributed by atoms with Crippen LogP contribution < -0.4 is 15.7 Å². The van der Waals surface area contributed by atoms with E-state index < -0.39 is 11.6 Å². The summed E-state index contributed by atoms with van der Waals surface area (Å²) in [5, 5.41) is 2.63. The van der Waals surface area contributed by atoms with Gasteiger partial charge in [0, 0.05) is 12.3 Å². The van der Waals surface area contributed by atoms with Crippen LogP contribution in [-0.4, -0.2) is 37.9 Å². The lowest BCUT2D eigenvalue weighted by atomic mass is 10.1. The number of carbonyl (C=O) groups is 1. The van der Waals surface area contributed by atoms with Gasteiger partial charge in [0.2, 0.25) is 5.88 Å². The summed E-state index contributed by atoms with van der Waals surface area (Å²) < 4.78 is 5.14. The molecule has 1 aromatic carbocycles. The first-order valence-corrected chi connectivity index (χ1v) is 8.01. The summed E-state index contributed by atoms with van der Waals surface area (Å²) in [6, 6.07) is 12.0. The third kappa shape index (κ3) is 3.25. The molecule has 9 heteroatoms. The lowest BCUT2D eigenvalue weighted by molar-refractivity contribution is 0.102. The van der Waals surface area contributed by atoms with Gasteiger partial charge in [0.1, 0.15) is 17.0 Å². The number of benzene rings is 1. The highest BCUT2D eigenvalue weighted by atomic mass is 16.5. The van der Waals surface area contributed by atoms with E-state index in [2.05, 4.69) is 30.2 Å². The number of aromatic amines is 2. The van der Waals surface area contributed by atoms with Gasteiger partial charge in [-0.1, -0.05) is 12.1 Å². The van der Waals surface area contributed by atoms with Crippen LogP contribution in [-0.2, 0) is 0 Å². The standard InChI is InChI=1S/C18H14N6O3/c1-27-14-7-3-6-12(20-14)16-21-11-5-2-4-10(15(11)24-16)17(25)22-13-8-9-19-18(26)23-13/h2-9H,1H3,(H,21,24)(H2,19,22,23,25,26). The molecule has 0 saturated carbocycles. The molecule has 0 aliphatic carbocycles. The van der Waals surface area contributed by atoms with Gasteiger partial charge in [-0.3, -0.25) is 9.78 Å². The molecule has 9 nitrogen and oxygen atoms in total. The molecule has 0 atom stereocenters. The minimum atomic E-state index is -0.544. The van der Waals surface area contributed by atoms with Crippen LogP contribution in [0.2, 0.25) is 0 Å². The quantitative estimate of drug-likeness (QED) is 0.510. The number of ether oxygens (including phenoxy) is 1. The van der Waals surface area contributed by atoms with E-state index in [0.29, 0.717) is 34.0 Å². The Bertz CT molecular complexity index is 1200. The molecular weight excluding hydrogens is 348 g/mol. The zero-order valence-corrected chi connectivity index (χ0v) is 14.2. The molecule has 0 saturated heterocycles. The van der Waals surface area contributed by atoms with Gasteiger partial charge in [-0.2, -0.15) is 0 Å². The first kappa shape index (κ1) is 16.5. The van der Waals surface area contributed by atoms with Gasteiger partial charge < -0.3 is 15.0 Å². The number of amides is 1. The van der Waals surface area contributed by atoms with Crippen LogP contribution in [0.5, 0.6) is 5.88 Å². The van der Waals surface area contributed by atoms with Crippen molar-refractivity contribution in [3.63, 3.8) is 0 Å². The third-order valence-corrected chi connectivity index (χ3v) is 3.86. The van der Waals surface area contributed by atoms with Gasteiger partial charge in [0.15, 0.2) is 5.82 Å². The van der Waals surface area contributed by atoms with Crippen LogP contribution in [0.3, 0.4) is 0 Å². The minimum absolute atomic E-state index is 0.252. The van der Waals surface area contributed by atoms with Crippen LogP contribution >= 0.6 is 0 Å². The maximum atomic E-state index is 12.6. The lowest BCUT2D eigenvalue weighted by Crippen LogP contribution is -2.17. The second-order valence-electron chi connectivity index (χ2n) is 5.60. The number of anilines is 1. The van der Waals surface area contributed by atoms with Crippen molar-refractivity contribution in [2.24, 2.45) is 0 Å². The highest BCUT2D eigenvalue weighted by Crippen LogP contribution is 2.23. The molecule has 134 valence electrons. The molecule has 3 heterocycles. The highest BCUT2D eigenvalue weighted by molar-refractivity contribution is 6.11. The number of nitrogens with zero attached hydrogens (tertiary/aromatic N) is 3. The number of H-pyrrole nitrogens is 2. The lowest BCUT2D eigenvalue weighted by Gasteiger charge is -2.04. The van der Waals surface area contributed by atoms with Gasteiger partial charge >= 0.3 is 5.69 Å². The smallest absolute Gasteiger partial charge is 0.346 e. The van der Waals surface area contributed by atoms with Crippen molar-refractivity contribution < 1.29 is 9.53 Å². The van der Waals surface area contributed by atoms with E-state index in [1.165, 1.54) is 19.4 Å². The third-order valence-electron chi connectivity index (χ3n) is 3.86. The van der Waals surface area contributed by atoms with Crippen LogP contribution in [0.1, 0.15) is 10.4 Å². The molecule has 3 N–H and O–H groups in total. The summed E-state index contributed by atoms with van der Waals surface area (Å²) >= 11 is 0. The SMILES string of the molecule is COc1cccc(-c2nc3c(C(=O)Nc4ccnc(=O)[nH]4)cccc3[nH]2)n1. The fourth-order valence-corrected chi connectivity index (χ4v) is 2.63. The summed E-state index contributed by atoms with van der Waals surface area (Å²) in [4.78, 5) is 41.9. The van der Waals surface area contributed by atoms with E-state index in [1.54, 1.807) is 24.3 Å². The second kappa shape index (κ2) is 6.71. The van der Waals surface area contributed by atoms with Gasteiger partial charge in [-0.05, 0) is 24.3 Å². The van der Waals surface area contributed by atoms with E-state index in [9.17, 15) is 9.59 Å². The number of carbonyl (C=O) groups excluding carboxylic acids is 1. The van der Waals surface area contributed by atoms with Crippen molar-refractivity contribution in [2.75, 3.05) is 12.4 Å². The van der Waals surface area contributed by atoms with E-state index in [-0.39, 0.29) is 5.82 Å². The number of aromatic nitrogens is 5. The number of pyridine rings is 1. The topological polar surface area (TPSA) is 126 Å². The number of rotatable bonds is 4. The van der Waals surface area contributed by atoms with Crippen molar-refractivity contribution in [1.82, 2.24) is 24.9 Å². The van der Waals surface area contributed by atoms with Gasteiger partial charge in [0.25, 0.3) is 5.91 Å². The van der Waals surface area contributed by atoms with Crippen molar-refractivity contribution in [3.8, 4) is 17.4 Å². The average Bonchev–Trinajstić information content (AvgIpc) is 3.12. The molecule has 1 amide bonds. The first-order valence-electron chi connectivity index (χ1n) is 8.01. The number of imidazole rings is 1. The Morgan fingerprint density at radius 3 is 2.74 bits per heavy atom. The van der Waals surface area contributed by atoms with Gasteiger partial charge in [0.05, 0.1) is 18.2 Å². The first-order chi connectivity index (χ1) is 13.1. The van der Waals surface area contributed by atoms with Crippen LogP contribution in [0.4, 0.5) is 5.82 Å². The Hall–Kier alpha value is -4.01. The summed E-state index contributed by atoms with van der Waals surface area (Å²) in [6.07, 6.45) is 1.32. The molecule has 0 aliphatic rings. The maximum absolute atomic E-state index is 12.6. The fraction of sp³-hybridized carbons (Fsp3) is 0.0556. The molecule has 0 aliphatic heterocycles. The maximum Gasteiger partial charge on any atom is 0.346 e. The van der Waals surface area contributed by atoms with Crippen molar-refractivity contribution >= 4 is 22.8 Å². The minimum Gasteiger partial charge on any atom is -0.481 e. The van der Waals surface area contributed by atoms with Crippen LogP contribution in [0.25, 0.3) is 22.6 Å². The molecule has 0 bridgehead atoms. The molecule has 0 radical (unpaired) electrons. The summed E-state index contributed by atoms with van der Waals surface area (Å²) in [6.45, 7) is 0. The Morgan fingerprint density at radius 1 is 1.07 bits per heavy atom. The highest BCUT2D eigenvalue weighted by Gasteiger charge is 2.15. The zero-order valence-electron chi connectivity index (χ0n) is 14.2. The molecule has 4 rings (SSSR count). The van der Waals surface area contributed by atoms with E-state index in [1.807, 2.05) is 12.1 Å². The number of methoxy groups -OCH3 is 1. The molecule has 0 unspecified atom stereocenters. The second-order valence-corrected chi connectivity index (χ2v) is 5.60. The average molecular weight is 362 g/mol. The predicted octanol–water partition coefficient (Wildman–Crippen LogP) is 1.97. The zero-order chi connectivity index (χ0) is 18.8. The van der Waals surface area contributed by atoms with E-state index in [4.69, 9.17) is 4.74 Å². The summed E-state index contributed by atoms with van der Waals surface area (Å²) in [5.74, 6) is 0.829. The Labute approximate surface area is 152 Å². The van der Waals surface area contributed by atoms with Crippen molar-refractivity contribution in [3.05, 3.63) is 64.7 Å². The van der Waals surface area contributed by atoms with Crippen molar-refractivity contribution in [1.29, 1.82) is 0 Å². The molecular formula is C18H14N6O3. The molecule has 4 aromatic rings. The van der Waals surface area contributed by atoms with Crippen LogP contribution in [0, 0.1) is 0 Å². The monoisotopic (exact) mass is 362 g/mol. The number of hydrogen-bond acceptors (Lipinski definition) is 6. The number of para-hydroxylation sites is 1. The van der Waals surface area contributed by atoms with Crippen LogP contribution in [0.15, 0.2) is 53.5 Å². The number of hydrogen-bond donors (Lipinski definition) is 3. The molecule has 3 aromatic heterocycles. The fourth-order valence-electron chi connectivity index (χ4n) is 2.63. The summed E-state index contributed by atoms with van der Waals surface area (Å²) in [7, 11) is 1.54. The predicted molar refractivity (Wildman–Crippen MR) is 98.7 cm³/mol.